The number of hydrogen-bond donors (Lipinski definition) is 2. The number of H-pyrrole nitrogens is 2. The molecule has 1 aliphatic heterocycles. The van der Waals surface area contributed by atoms with Crippen LogP contribution < -0.4 is 0 Å². The molecule has 2 N–H and O–H groups in total. The third kappa shape index (κ3) is 3.29. The molecule has 1 atom stereocenters. The van der Waals surface area contributed by atoms with Crippen LogP contribution in [0.4, 0.5) is 0 Å². The number of aryl methyl sites for hydroxylation is 1. The molecule has 1 aromatic carbocycles. The van der Waals surface area contributed by atoms with E-state index in [-0.39, 0.29) is 11.9 Å². The Kier molecular flexibility index (Phi) is 4.35. The quantitative estimate of drug-likeness (QED) is 0.561. The van der Waals surface area contributed by atoms with E-state index < -0.39 is 0 Å². The Morgan fingerprint density at radius 2 is 2.14 bits per heavy atom. The fourth-order valence-electron chi connectivity index (χ4n) is 4.14. The van der Waals surface area contributed by atoms with Crippen molar-refractivity contribution in [3.63, 3.8) is 0 Å². The van der Waals surface area contributed by atoms with E-state index in [0.29, 0.717) is 18.1 Å². The zero-order valence-electron chi connectivity index (χ0n) is 16.2. The highest BCUT2D eigenvalue weighted by atomic mass is 16.2. The maximum absolute atomic E-state index is 13.2. The predicted octanol–water partition coefficient (Wildman–Crippen LogP) is 3.56. The molecular weight excluding hydrogens is 364 g/mol. The van der Waals surface area contributed by atoms with E-state index >= 15 is 0 Å². The van der Waals surface area contributed by atoms with Crippen molar-refractivity contribution in [1.29, 1.82) is 0 Å². The van der Waals surface area contributed by atoms with Crippen molar-refractivity contribution < 1.29 is 4.79 Å². The van der Waals surface area contributed by atoms with Gasteiger partial charge < -0.3 is 14.9 Å². The lowest BCUT2D eigenvalue weighted by atomic mass is 10.1. The van der Waals surface area contributed by atoms with E-state index in [4.69, 9.17) is 4.98 Å². The Bertz CT molecular complexity index is 1160. The summed E-state index contributed by atoms with van der Waals surface area (Å²) in [5.41, 5.74) is 3.71. The summed E-state index contributed by atoms with van der Waals surface area (Å²) < 4.78 is 0. The van der Waals surface area contributed by atoms with E-state index in [1.165, 1.54) is 0 Å². The molecule has 29 heavy (non-hydrogen) atoms. The number of amides is 1. The Hall–Kier alpha value is -3.48. The molecular formula is C22H22N6O. The Labute approximate surface area is 168 Å². The predicted molar refractivity (Wildman–Crippen MR) is 110 cm³/mol. The van der Waals surface area contributed by atoms with Gasteiger partial charge in [-0.2, -0.15) is 0 Å². The fourth-order valence-corrected chi connectivity index (χ4v) is 4.14. The SMILES string of the molecule is Cc1cc(-c2ncc[nH]2)nc(C2CCCN2C(=O)Cc2c[nH]c3ccccc23)n1. The van der Waals surface area contributed by atoms with Crippen molar-refractivity contribution in [1.82, 2.24) is 29.8 Å². The second-order valence-electron chi connectivity index (χ2n) is 7.47. The molecule has 4 heterocycles. The van der Waals surface area contributed by atoms with Gasteiger partial charge in [-0.1, -0.05) is 18.2 Å². The average molecular weight is 386 g/mol. The van der Waals surface area contributed by atoms with Gasteiger partial charge in [0.1, 0.15) is 5.69 Å². The van der Waals surface area contributed by atoms with Crippen molar-refractivity contribution >= 4 is 16.8 Å². The van der Waals surface area contributed by atoms with Crippen LogP contribution in [0, 0.1) is 6.92 Å². The summed E-state index contributed by atoms with van der Waals surface area (Å²) in [5, 5.41) is 1.10. The molecule has 0 spiro atoms. The van der Waals surface area contributed by atoms with Crippen molar-refractivity contribution in [2.45, 2.75) is 32.2 Å². The molecule has 4 aromatic rings. The van der Waals surface area contributed by atoms with E-state index in [9.17, 15) is 4.79 Å². The minimum Gasteiger partial charge on any atom is -0.361 e. The number of benzene rings is 1. The highest BCUT2D eigenvalue weighted by molar-refractivity contribution is 5.89. The monoisotopic (exact) mass is 386 g/mol. The molecule has 1 unspecified atom stereocenters. The van der Waals surface area contributed by atoms with Gasteiger partial charge in [-0.15, -0.1) is 0 Å². The van der Waals surface area contributed by atoms with Crippen LogP contribution in [0.3, 0.4) is 0 Å². The molecule has 1 saturated heterocycles. The van der Waals surface area contributed by atoms with Crippen LogP contribution in [0.5, 0.6) is 0 Å². The van der Waals surface area contributed by atoms with Gasteiger partial charge in [0.2, 0.25) is 5.91 Å². The van der Waals surface area contributed by atoms with Gasteiger partial charge in [0.25, 0.3) is 0 Å². The summed E-state index contributed by atoms with van der Waals surface area (Å²) in [4.78, 5) is 35.1. The zero-order chi connectivity index (χ0) is 19.8. The second-order valence-corrected chi connectivity index (χ2v) is 7.47. The number of rotatable bonds is 4. The van der Waals surface area contributed by atoms with Gasteiger partial charge >= 0.3 is 0 Å². The number of para-hydroxylation sites is 1. The number of nitrogens with one attached hydrogen (secondary N) is 2. The Balaban J connectivity index is 1.42. The number of nitrogens with zero attached hydrogens (tertiary/aromatic N) is 4. The molecule has 1 fully saturated rings. The van der Waals surface area contributed by atoms with Crippen molar-refractivity contribution in [3.05, 3.63) is 66.0 Å². The fraction of sp³-hybridized carbons (Fsp3) is 0.273. The Morgan fingerprint density at radius 3 is 3.00 bits per heavy atom. The normalized spacial score (nSPS) is 16.6. The van der Waals surface area contributed by atoms with E-state index in [1.807, 2.05) is 42.3 Å². The number of fused-ring (bicyclic) bond motifs is 1. The number of likely N-dealkylation sites (tertiary alicyclic amines) is 1. The van der Waals surface area contributed by atoms with Crippen LogP contribution in [0.25, 0.3) is 22.4 Å². The molecule has 3 aromatic heterocycles. The minimum absolute atomic E-state index is 0.0960. The van der Waals surface area contributed by atoms with E-state index in [0.717, 1.165) is 47.2 Å². The molecule has 7 heteroatoms. The molecule has 0 aliphatic carbocycles. The number of imidazole rings is 1. The van der Waals surface area contributed by atoms with Crippen LogP contribution in [-0.4, -0.2) is 42.3 Å². The summed E-state index contributed by atoms with van der Waals surface area (Å²) in [6, 6.07) is 9.89. The number of hydrogen-bond acceptors (Lipinski definition) is 4. The van der Waals surface area contributed by atoms with Gasteiger partial charge in [0.15, 0.2) is 11.6 Å². The first-order chi connectivity index (χ1) is 14.2. The topological polar surface area (TPSA) is 90.6 Å². The summed E-state index contributed by atoms with van der Waals surface area (Å²) in [6.45, 7) is 2.68. The van der Waals surface area contributed by atoms with E-state index in [2.05, 4.69) is 26.0 Å². The van der Waals surface area contributed by atoms with Crippen LogP contribution in [0.15, 0.2) is 48.9 Å². The van der Waals surface area contributed by atoms with Gasteiger partial charge in [-0.25, -0.2) is 15.0 Å². The molecule has 1 amide bonds. The lowest BCUT2D eigenvalue weighted by Crippen LogP contribution is -2.32. The molecule has 5 rings (SSSR count). The highest BCUT2D eigenvalue weighted by Gasteiger charge is 2.32. The third-order valence-electron chi connectivity index (χ3n) is 5.50. The van der Waals surface area contributed by atoms with Crippen LogP contribution in [-0.2, 0) is 11.2 Å². The summed E-state index contributed by atoms with van der Waals surface area (Å²) >= 11 is 0. The average Bonchev–Trinajstić information content (AvgIpc) is 3.48. The Morgan fingerprint density at radius 1 is 1.24 bits per heavy atom. The molecule has 1 aliphatic rings. The molecule has 0 bridgehead atoms. The van der Waals surface area contributed by atoms with Crippen molar-refractivity contribution in [3.8, 4) is 11.5 Å². The van der Waals surface area contributed by atoms with Crippen LogP contribution in [0.1, 0.15) is 36.0 Å². The zero-order valence-corrected chi connectivity index (χ0v) is 16.2. The molecule has 146 valence electrons. The van der Waals surface area contributed by atoms with Gasteiger partial charge in [-0.3, -0.25) is 4.79 Å². The van der Waals surface area contributed by atoms with Crippen LogP contribution in [0.2, 0.25) is 0 Å². The van der Waals surface area contributed by atoms with Gasteiger partial charge in [0.05, 0.1) is 12.5 Å². The van der Waals surface area contributed by atoms with Crippen molar-refractivity contribution in [2.24, 2.45) is 0 Å². The minimum atomic E-state index is -0.0960. The molecule has 0 radical (unpaired) electrons. The number of aromatic amines is 2. The number of aromatic nitrogens is 5. The first-order valence-corrected chi connectivity index (χ1v) is 9.89. The third-order valence-corrected chi connectivity index (χ3v) is 5.50. The van der Waals surface area contributed by atoms with E-state index in [1.54, 1.807) is 12.4 Å². The lowest BCUT2D eigenvalue weighted by molar-refractivity contribution is -0.131. The first-order valence-electron chi connectivity index (χ1n) is 9.89. The summed E-state index contributed by atoms with van der Waals surface area (Å²) in [7, 11) is 0. The lowest BCUT2D eigenvalue weighted by Gasteiger charge is -2.24. The smallest absolute Gasteiger partial charge is 0.227 e. The maximum atomic E-state index is 13.2. The largest absolute Gasteiger partial charge is 0.361 e. The van der Waals surface area contributed by atoms with Crippen molar-refractivity contribution in [2.75, 3.05) is 6.54 Å². The number of carbonyl (C=O) groups is 1. The van der Waals surface area contributed by atoms with Gasteiger partial charge in [0, 0.05) is 41.7 Å². The van der Waals surface area contributed by atoms with Gasteiger partial charge in [-0.05, 0) is 37.5 Å². The maximum Gasteiger partial charge on any atom is 0.227 e. The second kappa shape index (κ2) is 7.16. The highest BCUT2D eigenvalue weighted by Crippen LogP contribution is 2.32. The standard InChI is InChI=1S/C22H22N6O/c1-14-11-18(21-23-8-9-24-21)27-22(26-14)19-7-4-10-28(19)20(29)12-15-13-25-17-6-3-2-5-16(15)17/h2-3,5-6,8-9,11,13,19,25H,4,7,10,12H2,1H3,(H,23,24). The molecule has 7 nitrogen and oxygen atoms in total. The van der Waals surface area contributed by atoms with Crippen LogP contribution >= 0.6 is 0 Å². The number of carbonyl (C=O) groups excluding carboxylic acids is 1. The summed E-state index contributed by atoms with van der Waals surface area (Å²) in [6.07, 6.45) is 7.62. The summed E-state index contributed by atoms with van der Waals surface area (Å²) in [5.74, 6) is 1.52. The first kappa shape index (κ1) is 17.6. The molecule has 0 saturated carbocycles.